The second-order valence-corrected chi connectivity index (χ2v) is 7.14. The van der Waals surface area contributed by atoms with Crippen LogP contribution in [-0.2, 0) is 19.6 Å². The van der Waals surface area contributed by atoms with Gasteiger partial charge in [0.05, 0.1) is 11.2 Å². The van der Waals surface area contributed by atoms with E-state index in [0.717, 1.165) is 25.3 Å². The maximum Gasteiger partial charge on any atom is 0.0798 e. The summed E-state index contributed by atoms with van der Waals surface area (Å²) in [5, 5.41) is 3.21. The summed E-state index contributed by atoms with van der Waals surface area (Å²) in [6.45, 7) is 7.24. The number of aromatic nitrogens is 1. The van der Waals surface area contributed by atoms with Gasteiger partial charge in [-0.15, -0.1) is 22.7 Å². The highest BCUT2D eigenvalue weighted by atomic mass is 32.1. The Morgan fingerprint density at radius 3 is 2.74 bits per heavy atom. The van der Waals surface area contributed by atoms with Crippen LogP contribution in [0.15, 0.2) is 11.6 Å². The van der Waals surface area contributed by atoms with Crippen LogP contribution in [0.4, 0.5) is 0 Å². The third kappa shape index (κ3) is 3.86. The fraction of sp³-hybridized carbons (Fsp3) is 0.500. The molecule has 0 unspecified atom stereocenters. The summed E-state index contributed by atoms with van der Waals surface area (Å²) >= 11 is 3.64. The normalized spacial score (nSPS) is 11.4. The second kappa shape index (κ2) is 6.61. The third-order valence-corrected chi connectivity index (χ3v) is 5.13. The van der Waals surface area contributed by atoms with Crippen molar-refractivity contribution < 1.29 is 0 Å². The van der Waals surface area contributed by atoms with Crippen molar-refractivity contribution in [2.45, 2.75) is 33.5 Å². The lowest BCUT2D eigenvalue weighted by atomic mass is 10.2. The van der Waals surface area contributed by atoms with Crippen molar-refractivity contribution in [3.05, 3.63) is 37.5 Å². The second-order valence-electron chi connectivity index (χ2n) is 4.86. The van der Waals surface area contributed by atoms with Gasteiger partial charge in [0.15, 0.2) is 0 Å². The number of thiazole rings is 1. The molecule has 0 saturated carbocycles. The molecule has 0 aliphatic rings. The number of aryl methyl sites for hydroxylation is 2. The fourth-order valence-corrected chi connectivity index (χ4v) is 4.00. The van der Waals surface area contributed by atoms with Gasteiger partial charge in [0, 0.05) is 34.3 Å². The molecule has 0 aliphatic heterocycles. The van der Waals surface area contributed by atoms with Crippen molar-refractivity contribution in [2.75, 3.05) is 14.1 Å². The van der Waals surface area contributed by atoms with Crippen LogP contribution in [0, 0.1) is 13.8 Å². The summed E-state index contributed by atoms with van der Waals surface area (Å²) in [7, 11) is 4.17. The summed E-state index contributed by atoms with van der Waals surface area (Å²) in [6, 6.07) is 2.33. The minimum atomic E-state index is 0.961. The third-order valence-electron chi connectivity index (χ3n) is 3.12. The molecule has 2 heterocycles. The predicted molar refractivity (Wildman–Crippen MR) is 83.8 cm³/mol. The lowest BCUT2D eigenvalue weighted by Gasteiger charge is -2.15. The van der Waals surface area contributed by atoms with E-state index >= 15 is 0 Å². The van der Waals surface area contributed by atoms with E-state index in [9.17, 15) is 0 Å². The van der Waals surface area contributed by atoms with Crippen LogP contribution in [-0.4, -0.2) is 24.0 Å². The molecule has 0 atom stereocenters. The van der Waals surface area contributed by atoms with Crippen molar-refractivity contribution in [1.29, 1.82) is 0 Å². The van der Waals surface area contributed by atoms with Gasteiger partial charge >= 0.3 is 0 Å². The fourth-order valence-electron chi connectivity index (χ4n) is 2.08. The quantitative estimate of drug-likeness (QED) is 0.887. The number of thiophene rings is 1. The van der Waals surface area contributed by atoms with Crippen molar-refractivity contribution in [2.24, 2.45) is 0 Å². The van der Waals surface area contributed by atoms with E-state index in [1.54, 1.807) is 11.3 Å². The molecule has 0 fully saturated rings. The number of hydrogen-bond donors (Lipinski definition) is 1. The number of nitrogens with one attached hydrogen (secondary N) is 1. The van der Waals surface area contributed by atoms with Crippen LogP contribution < -0.4 is 5.32 Å². The number of nitrogens with zero attached hydrogens (tertiary/aromatic N) is 2. The van der Waals surface area contributed by atoms with Crippen LogP contribution in [0.2, 0.25) is 0 Å². The van der Waals surface area contributed by atoms with Gasteiger partial charge in [-0.3, -0.25) is 4.90 Å². The molecule has 0 aliphatic carbocycles. The average Bonchev–Trinajstić information content (AvgIpc) is 2.88. The standard InChI is InChI=1S/C14H21N3S2/c1-10-14(18-9-16-10)8-17(4)7-12-5-13(6-15-3)19-11(12)2/h5,9,15H,6-8H2,1-4H3. The molecule has 0 spiro atoms. The maximum atomic E-state index is 4.31. The van der Waals surface area contributed by atoms with Crippen molar-refractivity contribution in [3.63, 3.8) is 0 Å². The van der Waals surface area contributed by atoms with Gasteiger partial charge in [-0.25, -0.2) is 4.98 Å². The van der Waals surface area contributed by atoms with Gasteiger partial charge < -0.3 is 5.32 Å². The first-order chi connectivity index (χ1) is 9.10. The maximum absolute atomic E-state index is 4.31. The Hall–Kier alpha value is -0.750. The van der Waals surface area contributed by atoms with Gasteiger partial charge in [-0.05, 0) is 39.6 Å². The molecule has 19 heavy (non-hydrogen) atoms. The molecular weight excluding hydrogens is 274 g/mol. The molecule has 1 N–H and O–H groups in total. The Balaban J connectivity index is 1.98. The van der Waals surface area contributed by atoms with Gasteiger partial charge in [-0.1, -0.05) is 0 Å². The van der Waals surface area contributed by atoms with Gasteiger partial charge in [0.25, 0.3) is 0 Å². The highest BCUT2D eigenvalue weighted by Gasteiger charge is 2.10. The monoisotopic (exact) mass is 295 g/mol. The number of hydrogen-bond acceptors (Lipinski definition) is 5. The first kappa shape index (κ1) is 14.7. The van der Waals surface area contributed by atoms with Crippen LogP contribution >= 0.6 is 22.7 Å². The zero-order valence-electron chi connectivity index (χ0n) is 12.0. The molecule has 2 aromatic heterocycles. The van der Waals surface area contributed by atoms with Gasteiger partial charge in [0.2, 0.25) is 0 Å². The van der Waals surface area contributed by atoms with Crippen LogP contribution in [0.1, 0.15) is 25.9 Å². The zero-order chi connectivity index (χ0) is 13.8. The Morgan fingerprint density at radius 1 is 1.32 bits per heavy atom. The highest BCUT2D eigenvalue weighted by Crippen LogP contribution is 2.23. The Labute approximate surface area is 123 Å². The molecule has 0 amide bonds. The first-order valence-corrected chi connectivity index (χ1v) is 8.10. The summed E-state index contributed by atoms with van der Waals surface area (Å²) in [6.07, 6.45) is 0. The molecule has 5 heteroatoms. The SMILES string of the molecule is CNCc1cc(CN(C)Cc2scnc2C)c(C)s1. The zero-order valence-corrected chi connectivity index (χ0v) is 13.6. The Bertz CT molecular complexity index is 531. The van der Waals surface area contributed by atoms with E-state index in [1.807, 2.05) is 23.9 Å². The molecule has 0 saturated heterocycles. The van der Waals surface area contributed by atoms with E-state index in [4.69, 9.17) is 0 Å². The van der Waals surface area contributed by atoms with E-state index in [0.29, 0.717) is 0 Å². The molecule has 2 rings (SSSR count). The molecule has 3 nitrogen and oxygen atoms in total. The minimum Gasteiger partial charge on any atom is -0.315 e. The van der Waals surface area contributed by atoms with E-state index in [-0.39, 0.29) is 0 Å². The number of rotatable bonds is 6. The van der Waals surface area contributed by atoms with E-state index in [1.165, 1.54) is 20.2 Å². The van der Waals surface area contributed by atoms with Gasteiger partial charge in [-0.2, -0.15) is 0 Å². The van der Waals surface area contributed by atoms with Crippen molar-refractivity contribution in [1.82, 2.24) is 15.2 Å². The molecule has 0 aromatic carbocycles. The topological polar surface area (TPSA) is 28.2 Å². The van der Waals surface area contributed by atoms with E-state index in [2.05, 4.69) is 42.2 Å². The summed E-state index contributed by atoms with van der Waals surface area (Å²) < 4.78 is 0. The highest BCUT2D eigenvalue weighted by molar-refractivity contribution is 7.12. The predicted octanol–water partition coefficient (Wildman–Crippen LogP) is 3.17. The lowest BCUT2D eigenvalue weighted by molar-refractivity contribution is 0.321. The summed E-state index contributed by atoms with van der Waals surface area (Å²) in [4.78, 5) is 10.9. The Morgan fingerprint density at radius 2 is 2.11 bits per heavy atom. The van der Waals surface area contributed by atoms with Gasteiger partial charge in [0.1, 0.15) is 0 Å². The summed E-state index contributed by atoms with van der Waals surface area (Å²) in [5.41, 5.74) is 4.54. The molecule has 0 radical (unpaired) electrons. The average molecular weight is 295 g/mol. The largest absolute Gasteiger partial charge is 0.315 e. The first-order valence-electron chi connectivity index (χ1n) is 6.40. The lowest BCUT2D eigenvalue weighted by Crippen LogP contribution is -2.17. The van der Waals surface area contributed by atoms with Crippen molar-refractivity contribution >= 4 is 22.7 Å². The van der Waals surface area contributed by atoms with Crippen LogP contribution in [0.25, 0.3) is 0 Å². The van der Waals surface area contributed by atoms with Crippen LogP contribution in [0.3, 0.4) is 0 Å². The minimum absolute atomic E-state index is 0.961. The molecule has 2 aromatic rings. The molecular formula is C14H21N3S2. The molecule has 104 valence electrons. The summed E-state index contributed by atoms with van der Waals surface area (Å²) in [5.74, 6) is 0. The smallest absolute Gasteiger partial charge is 0.0798 e. The van der Waals surface area contributed by atoms with Crippen LogP contribution in [0.5, 0.6) is 0 Å². The Kier molecular flexibility index (Phi) is 5.10. The molecule has 0 bridgehead atoms. The van der Waals surface area contributed by atoms with Crippen molar-refractivity contribution in [3.8, 4) is 0 Å². The van der Waals surface area contributed by atoms with E-state index < -0.39 is 0 Å².